The number of aliphatic hydroxyl groups excluding tert-OH is 1. The van der Waals surface area contributed by atoms with Crippen LogP contribution in [0.1, 0.15) is 43.6 Å². The van der Waals surface area contributed by atoms with Gasteiger partial charge in [-0.25, -0.2) is 4.79 Å². The van der Waals surface area contributed by atoms with Gasteiger partial charge >= 0.3 is 6.03 Å². The van der Waals surface area contributed by atoms with E-state index in [-0.39, 0.29) is 42.7 Å². The maximum atomic E-state index is 13.5. The molecule has 8 nitrogen and oxygen atoms in total. The van der Waals surface area contributed by atoms with Crippen molar-refractivity contribution in [2.24, 2.45) is 5.92 Å². The monoisotopic (exact) mass is 482 g/mol. The molecule has 0 spiro atoms. The number of hydrogen-bond acceptors (Lipinski definition) is 5. The highest BCUT2D eigenvalue weighted by atomic mass is 16.5. The first-order valence-electron chi connectivity index (χ1n) is 12.2. The molecule has 8 heteroatoms. The molecule has 3 amide bonds. The SMILES string of the molecule is CC(C)NC(=O)Nc1ccc2c(c1)C(=O)N([C@H](C)CO)C[C@@H](C)[C@H](CN(C)Cc1ccccc1)O2. The summed E-state index contributed by atoms with van der Waals surface area (Å²) in [7, 11) is 2.06. The van der Waals surface area contributed by atoms with E-state index in [4.69, 9.17) is 4.74 Å². The number of nitrogens with zero attached hydrogens (tertiary/aromatic N) is 2. The van der Waals surface area contributed by atoms with Gasteiger partial charge in [-0.3, -0.25) is 9.69 Å². The van der Waals surface area contributed by atoms with Crippen LogP contribution < -0.4 is 15.4 Å². The Hall–Kier alpha value is -3.10. The summed E-state index contributed by atoms with van der Waals surface area (Å²) < 4.78 is 6.43. The van der Waals surface area contributed by atoms with E-state index < -0.39 is 0 Å². The lowest BCUT2D eigenvalue weighted by atomic mass is 9.99. The van der Waals surface area contributed by atoms with E-state index >= 15 is 0 Å². The molecule has 0 aliphatic carbocycles. The van der Waals surface area contributed by atoms with Gasteiger partial charge in [-0.1, -0.05) is 37.3 Å². The van der Waals surface area contributed by atoms with Gasteiger partial charge in [0.1, 0.15) is 11.9 Å². The first-order chi connectivity index (χ1) is 16.7. The van der Waals surface area contributed by atoms with Gasteiger partial charge in [-0.2, -0.15) is 0 Å². The number of fused-ring (bicyclic) bond motifs is 1. The second kappa shape index (κ2) is 12.0. The molecule has 1 aliphatic rings. The molecule has 3 rings (SSSR count). The topological polar surface area (TPSA) is 94.1 Å². The molecule has 0 bridgehead atoms. The summed E-state index contributed by atoms with van der Waals surface area (Å²) >= 11 is 0. The van der Waals surface area contributed by atoms with Crippen molar-refractivity contribution in [1.82, 2.24) is 15.1 Å². The van der Waals surface area contributed by atoms with E-state index in [1.54, 1.807) is 23.1 Å². The zero-order valence-electron chi connectivity index (χ0n) is 21.3. The number of nitrogens with one attached hydrogen (secondary N) is 2. The number of carbonyl (C=O) groups is 2. The Kier molecular flexibility index (Phi) is 9.12. The molecule has 1 heterocycles. The van der Waals surface area contributed by atoms with Crippen LogP contribution in [0.3, 0.4) is 0 Å². The number of likely N-dealkylation sites (N-methyl/N-ethyl adjacent to an activating group) is 1. The fourth-order valence-electron chi connectivity index (χ4n) is 4.21. The molecule has 0 saturated heterocycles. The van der Waals surface area contributed by atoms with E-state index in [1.165, 1.54) is 5.56 Å². The van der Waals surface area contributed by atoms with Crippen LogP contribution in [0, 0.1) is 5.92 Å². The third-order valence-corrected chi connectivity index (χ3v) is 6.13. The molecule has 0 saturated carbocycles. The van der Waals surface area contributed by atoms with Crippen molar-refractivity contribution < 1.29 is 19.4 Å². The predicted octanol–water partition coefficient (Wildman–Crippen LogP) is 3.57. The molecule has 0 fully saturated rings. The van der Waals surface area contributed by atoms with Gasteiger partial charge in [0.25, 0.3) is 5.91 Å². The maximum absolute atomic E-state index is 13.5. The van der Waals surface area contributed by atoms with Gasteiger partial charge in [0.05, 0.1) is 18.2 Å². The van der Waals surface area contributed by atoms with Gasteiger partial charge in [0.15, 0.2) is 0 Å². The number of aliphatic hydroxyl groups is 1. The smallest absolute Gasteiger partial charge is 0.319 e. The number of carbonyl (C=O) groups excluding carboxylic acids is 2. The lowest BCUT2D eigenvalue weighted by Crippen LogP contribution is -2.49. The van der Waals surface area contributed by atoms with Crippen LogP contribution in [0.5, 0.6) is 5.75 Å². The summed E-state index contributed by atoms with van der Waals surface area (Å²) in [5, 5.41) is 15.4. The third kappa shape index (κ3) is 7.19. The Balaban J connectivity index is 1.87. The zero-order valence-corrected chi connectivity index (χ0v) is 21.3. The molecule has 0 unspecified atom stereocenters. The second-order valence-electron chi connectivity index (χ2n) is 9.77. The average molecular weight is 483 g/mol. The first-order valence-corrected chi connectivity index (χ1v) is 12.2. The Morgan fingerprint density at radius 3 is 2.57 bits per heavy atom. The highest BCUT2D eigenvalue weighted by Gasteiger charge is 2.33. The highest BCUT2D eigenvalue weighted by molar-refractivity contribution is 5.99. The molecule has 3 atom stereocenters. The second-order valence-corrected chi connectivity index (χ2v) is 9.77. The lowest BCUT2D eigenvalue weighted by molar-refractivity contribution is 0.0341. The minimum absolute atomic E-state index is 0.0136. The van der Waals surface area contributed by atoms with Crippen molar-refractivity contribution in [1.29, 1.82) is 0 Å². The number of anilines is 1. The lowest BCUT2D eigenvalue weighted by Gasteiger charge is -2.38. The average Bonchev–Trinajstić information content (AvgIpc) is 2.81. The van der Waals surface area contributed by atoms with Crippen LogP contribution in [-0.4, -0.2) is 71.8 Å². The van der Waals surface area contributed by atoms with Crippen LogP contribution in [0.4, 0.5) is 10.5 Å². The normalized spacial score (nSPS) is 19.0. The van der Waals surface area contributed by atoms with Crippen molar-refractivity contribution in [2.45, 2.75) is 52.4 Å². The van der Waals surface area contributed by atoms with E-state index in [9.17, 15) is 14.7 Å². The van der Waals surface area contributed by atoms with E-state index in [0.29, 0.717) is 30.1 Å². The van der Waals surface area contributed by atoms with E-state index in [0.717, 1.165) is 6.54 Å². The fraction of sp³-hybridized carbons (Fsp3) is 0.481. The summed E-state index contributed by atoms with van der Waals surface area (Å²) in [6, 6.07) is 14.7. The van der Waals surface area contributed by atoms with E-state index in [1.807, 2.05) is 39.0 Å². The fourth-order valence-corrected chi connectivity index (χ4v) is 4.21. The van der Waals surface area contributed by atoms with Gasteiger partial charge in [-0.15, -0.1) is 0 Å². The molecule has 35 heavy (non-hydrogen) atoms. The third-order valence-electron chi connectivity index (χ3n) is 6.13. The molecular formula is C27H38N4O4. The van der Waals surface area contributed by atoms with Crippen molar-refractivity contribution in [2.75, 3.05) is 32.1 Å². The minimum Gasteiger partial charge on any atom is -0.488 e. The Labute approximate surface area is 208 Å². The molecule has 3 N–H and O–H groups in total. The number of amides is 3. The number of hydrogen-bond donors (Lipinski definition) is 3. The Morgan fingerprint density at radius 2 is 1.91 bits per heavy atom. The summed E-state index contributed by atoms with van der Waals surface area (Å²) in [4.78, 5) is 29.6. The molecule has 0 aromatic heterocycles. The van der Waals surface area contributed by atoms with Crippen molar-refractivity contribution >= 4 is 17.6 Å². The van der Waals surface area contributed by atoms with Gasteiger partial charge in [0, 0.05) is 37.3 Å². The van der Waals surface area contributed by atoms with Crippen molar-refractivity contribution in [3.63, 3.8) is 0 Å². The highest BCUT2D eigenvalue weighted by Crippen LogP contribution is 2.30. The van der Waals surface area contributed by atoms with Crippen LogP contribution in [-0.2, 0) is 6.54 Å². The van der Waals surface area contributed by atoms with Gasteiger partial charge < -0.3 is 25.4 Å². The standard InChI is InChI=1S/C27H38N4O4/c1-18(2)28-27(34)29-22-11-12-24-23(13-22)26(33)31(20(4)17-32)14-19(3)25(35-24)16-30(5)15-21-9-7-6-8-10-21/h6-13,18-20,25,32H,14-17H2,1-5H3,(H2,28,29,34)/t19-,20-,25+/m1/s1. The van der Waals surface area contributed by atoms with Crippen molar-refractivity contribution in [3.8, 4) is 5.75 Å². The number of rotatable bonds is 8. The quantitative estimate of drug-likeness (QED) is 0.535. The summed E-state index contributed by atoms with van der Waals surface area (Å²) in [6.07, 6.45) is -0.174. The van der Waals surface area contributed by atoms with Crippen LogP contribution in [0.25, 0.3) is 0 Å². The Bertz CT molecular complexity index is 998. The number of ether oxygens (including phenoxy) is 1. The summed E-state index contributed by atoms with van der Waals surface area (Å²) in [5.74, 6) is 0.288. The zero-order chi connectivity index (χ0) is 25.5. The number of urea groups is 1. The minimum atomic E-state index is -0.348. The van der Waals surface area contributed by atoms with Gasteiger partial charge in [0.2, 0.25) is 0 Å². The molecule has 2 aromatic carbocycles. The van der Waals surface area contributed by atoms with Crippen LogP contribution in [0.2, 0.25) is 0 Å². The first kappa shape index (κ1) is 26.5. The molecular weight excluding hydrogens is 444 g/mol. The van der Waals surface area contributed by atoms with Crippen molar-refractivity contribution in [3.05, 3.63) is 59.7 Å². The van der Waals surface area contributed by atoms with Crippen LogP contribution >= 0.6 is 0 Å². The molecule has 190 valence electrons. The van der Waals surface area contributed by atoms with Gasteiger partial charge in [-0.05, 0) is 51.6 Å². The molecule has 0 radical (unpaired) electrons. The summed E-state index contributed by atoms with van der Waals surface area (Å²) in [5.41, 5.74) is 2.09. The Morgan fingerprint density at radius 1 is 1.20 bits per heavy atom. The maximum Gasteiger partial charge on any atom is 0.319 e. The predicted molar refractivity (Wildman–Crippen MR) is 138 cm³/mol. The molecule has 2 aromatic rings. The summed E-state index contributed by atoms with van der Waals surface area (Å²) in [6.45, 7) is 9.43. The molecule has 1 aliphatic heterocycles. The van der Waals surface area contributed by atoms with Crippen LogP contribution in [0.15, 0.2) is 48.5 Å². The number of benzene rings is 2. The largest absolute Gasteiger partial charge is 0.488 e. The van der Waals surface area contributed by atoms with E-state index in [2.05, 4.69) is 41.6 Å².